The van der Waals surface area contributed by atoms with Crippen molar-refractivity contribution < 1.29 is 14.6 Å². The summed E-state index contributed by atoms with van der Waals surface area (Å²) >= 11 is 6.19. The zero-order valence-corrected chi connectivity index (χ0v) is 16.1. The molecule has 0 N–H and O–H groups in total. The Morgan fingerprint density at radius 1 is 1.11 bits per heavy atom. The van der Waals surface area contributed by atoms with Gasteiger partial charge in [-0.3, -0.25) is 20.2 Å². The highest BCUT2D eigenvalue weighted by molar-refractivity contribution is 6.30. The van der Waals surface area contributed by atoms with E-state index in [0.29, 0.717) is 10.6 Å². The van der Waals surface area contributed by atoms with E-state index in [-0.39, 0.29) is 11.4 Å². The lowest BCUT2D eigenvalue weighted by molar-refractivity contribution is -0.395. The van der Waals surface area contributed by atoms with Crippen molar-refractivity contribution in [3.8, 4) is 5.75 Å². The Bertz CT molecular complexity index is 1080. The van der Waals surface area contributed by atoms with Gasteiger partial charge in [-0.2, -0.15) is 0 Å². The number of hydrogen-bond acceptors (Lipinski definition) is 6. The molecule has 2 aliphatic heterocycles. The molecule has 0 bridgehead atoms. The molecule has 1 unspecified atom stereocenters. The number of likely N-dealkylation sites (N-methyl/N-ethyl adjacent to an activating group) is 1. The van der Waals surface area contributed by atoms with Crippen LogP contribution >= 0.6 is 11.6 Å². The lowest BCUT2D eigenvalue weighted by atomic mass is 9.76. The minimum Gasteiger partial charge on any atom is -0.456 e. The molecule has 2 aromatic carbocycles. The van der Waals surface area contributed by atoms with E-state index in [1.807, 2.05) is 37.9 Å². The van der Waals surface area contributed by atoms with Crippen LogP contribution in [0.5, 0.6) is 5.75 Å². The monoisotopic (exact) mass is 401 g/mol. The molecule has 2 aromatic rings. The third-order valence-corrected chi connectivity index (χ3v) is 5.86. The summed E-state index contributed by atoms with van der Waals surface area (Å²) in [6.45, 7) is 3.94. The second kappa shape index (κ2) is 5.68. The molecule has 0 saturated carbocycles. The predicted octanol–water partition coefficient (Wildman–Crippen LogP) is 4.69. The van der Waals surface area contributed by atoms with Gasteiger partial charge in [0.05, 0.1) is 21.3 Å². The number of ether oxygens (including phenoxy) is 1. The molecule has 1 atom stereocenters. The smallest absolute Gasteiger partial charge is 0.318 e. The van der Waals surface area contributed by atoms with Crippen LogP contribution in [-0.4, -0.2) is 22.6 Å². The van der Waals surface area contributed by atoms with Crippen LogP contribution in [0.3, 0.4) is 0 Å². The van der Waals surface area contributed by atoms with Gasteiger partial charge in [-0.25, -0.2) is 0 Å². The molecule has 1 spiro atoms. The highest BCUT2D eigenvalue weighted by Gasteiger charge is 2.58. The zero-order valence-electron chi connectivity index (χ0n) is 15.3. The molecular formula is C19H16ClN3O5. The van der Waals surface area contributed by atoms with E-state index in [2.05, 4.69) is 0 Å². The highest BCUT2D eigenvalue weighted by Crippen LogP contribution is 2.56. The van der Waals surface area contributed by atoms with Crippen LogP contribution < -0.4 is 9.64 Å². The topological polar surface area (TPSA) is 98.8 Å². The van der Waals surface area contributed by atoms with Gasteiger partial charge in [-0.05, 0) is 49.8 Å². The van der Waals surface area contributed by atoms with Gasteiger partial charge in [0.25, 0.3) is 5.69 Å². The molecule has 0 amide bonds. The minimum atomic E-state index is -1.05. The summed E-state index contributed by atoms with van der Waals surface area (Å²) in [7, 11) is 1.84. The van der Waals surface area contributed by atoms with Gasteiger partial charge in [0.1, 0.15) is 0 Å². The average Bonchev–Trinajstić information content (AvgIpc) is 2.79. The molecule has 4 rings (SSSR count). The lowest BCUT2D eigenvalue weighted by Crippen LogP contribution is -2.58. The van der Waals surface area contributed by atoms with Crippen molar-refractivity contribution in [1.82, 2.24) is 0 Å². The Morgan fingerprint density at radius 2 is 1.82 bits per heavy atom. The molecule has 2 heterocycles. The van der Waals surface area contributed by atoms with Crippen LogP contribution in [0.1, 0.15) is 25.0 Å². The normalized spacial score (nSPS) is 21.2. The van der Waals surface area contributed by atoms with E-state index in [4.69, 9.17) is 16.3 Å². The second-order valence-electron chi connectivity index (χ2n) is 7.37. The third-order valence-electron chi connectivity index (χ3n) is 5.62. The van der Waals surface area contributed by atoms with E-state index in [1.165, 1.54) is 6.07 Å². The van der Waals surface area contributed by atoms with E-state index < -0.39 is 26.7 Å². The summed E-state index contributed by atoms with van der Waals surface area (Å²) in [5.74, 6) is 0.0110. The number of rotatable bonds is 2. The van der Waals surface area contributed by atoms with Crippen LogP contribution in [0.15, 0.2) is 36.4 Å². The van der Waals surface area contributed by atoms with Crippen LogP contribution in [0.2, 0.25) is 5.02 Å². The number of benzene rings is 2. The SMILES string of the molecule is CN1c2ccc(Cl)cc2C(C)(C)C12C=Cc1cc([N+](=O)[O-])cc([N+](=O)[O-])c1O2. The van der Waals surface area contributed by atoms with Gasteiger partial charge in [0, 0.05) is 29.4 Å². The van der Waals surface area contributed by atoms with Crippen molar-refractivity contribution in [2.75, 3.05) is 11.9 Å². The Morgan fingerprint density at radius 3 is 2.46 bits per heavy atom. The second-order valence-corrected chi connectivity index (χ2v) is 7.81. The molecule has 0 radical (unpaired) electrons. The van der Waals surface area contributed by atoms with Gasteiger partial charge < -0.3 is 9.64 Å². The Labute approximate surface area is 165 Å². The minimum absolute atomic E-state index is 0.0110. The van der Waals surface area contributed by atoms with Gasteiger partial charge in [-0.1, -0.05) is 11.6 Å². The van der Waals surface area contributed by atoms with Gasteiger partial charge >= 0.3 is 5.69 Å². The van der Waals surface area contributed by atoms with Crippen LogP contribution in [0, 0.1) is 20.2 Å². The fourth-order valence-electron chi connectivity index (χ4n) is 4.10. The van der Waals surface area contributed by atoms with E-state index in [9.17, 15) is 20.2 Å². The number of hydrogen-bond donors (Lipinski definition) is 0. The average molecular weight is 402 g/mol. The summed E-state index contributed by atoms with van der Waals surface area (Å²) in [6, 6.07) is 7.72. The van der Waals surface area contributed by atoms with Crippen molar-refractivity contribution in [2.45, 2.75) is 25.0 Å². The number of nitro benzene ring substituents is 2. The molecule has 0 aromatic heterocycles. The summed E-state index contributed by atoms with van der Waals surface area (Å²) in [5, 5.41) is 23.3. The van der Waals surface area contributed by atoms with E-state index in [1.54, 1.807) is 18.2 Å². The molecule has 8 nitrogen and oxygen atoms in total. The largest absolute Gasteiger partial charge is 0.456 e. The van der Waals surface area contributed by atoms with Crippen LogP contribution in [-0.2, 0) is 5.41 Å². The van der Waals surface area contributed by atoms with Crippen molar-refractivity contribution in [3.05, 3.63) is 72.8 Å². The molecule has 9 heteroatoms. The van der Waals surface area contributed by atoms with Gasteiger partial charge in [-0.15, -0.1) is 0 Å². The maximum absolute atomic E-state index is 11.6. The first-order valence-electron chi connectivity index (χ1n) is 8.47. The lowest BCUT2D eigenvalue weighted by Gasteiger charge is -2.45. The quantitative estimate of drug-likeness (QED) is 0.534. The standard InChI is InChI=1S/C19H16ClN3O5/c1-18(2)14-9-12(20)4-5-15(14)21(3)19(18)7-6-11-8-13(22(24)25)10-16(23(26)27)17(11)28-19/h4-10H,1-3H3. The highest BCUT2D eigenvalue weighted by atomic mass is 35.5. The summed E-state index contributed by atoms with van der Waals surface area (Å²) in [5.41, 5.74) is -0.313. The number of fused-ring (bicyclic) bond motifs is 2. The molecule has 28 heavy (non-hydrogen) atoms. The first-order valence-corrected chi connectivity index (χ1v) is 8.85. The summed E-state index contributed by atoms with van der Waals surface area (Å²) in [6.07, 6.45) is 3.43. The van der Waals surface area contributed by atoms with E-state index in [0.717, 1.165) is 17.3 Å². The summed E-state index contributed by atoms with van der Waals surface area (Å²) < 4.78 is 6.29. The third kappa shape index (κ3) is 2.24. The predicted molar refractivity (Wildman–Crippen MR) is 105 cm³/mol. The Kier molecular flexibility index (Phi) is 3.70. The fraction of sp³-hybridized carbons (Fsp3) is 0.263. The molecule has 2 aliphatic rings. The van der Waals surface area contributed by atoms with Gasteiger partial charge in [0.15, 0.2) is 0 Å². The van der Waals surface area contributed by atoms with Crippen LogP contribution in [0.4, 0.5) is 17.1 Å². The summed E-state index contributed by atoms with van der Waals surface area (Å²) in [4.78, 5) is 23.3. The Hall–Kier alpha value is -3.13. The maximum Gasteiger partial charge on any atom is 0.318 e. The number of halogens is 1. The molecule has 0 aliphatic carbocycles. The van der Waals surface area contributed by atoms with Crippen molar-refractivity contribution in [2.24, 2.45) is 0 Å². The molecule has 144 valence electrons. The van der Waals surface area contributed by atoms with Crippen molar-refractivity contribution >= 4 is 34.7 Å². The zero-order chi connectivity index (χ0) is 20.4. The number of anilines is 1. The first-order chi connectivity index (χ1) is 13.1. The Balaban J connectivity index is 1.92. The van der Waals surface area contributed by atoms with Crippen LogP contribution in [0.25, 0.3) is 6.08 Å². The number of nitro groups is 2. The fourth-order valence-corrected chi connectivity index (χ4v) is 4.27. The van der Waals surface area contributed by atoms with Crippen molar-refractivity contribution in [1.29, 1.82) is 0 Å². The van der Waals surface area contributed by atoms with E-state index >= 15 is 0 Å². The van der Waals surface area contributed by atoms with Crippen molar-refractivity contribution in [3.63, 3.8) is 0 Å². The first kappa shape index (κ1) is 18.2. The number of nitrogens with zero attached hydrogens (tertiary/aromatic N) is 3. The maximum atomic E-state index is 11.6. The van der Waals surface area contributed by atoms with Gasteiger partial charge in [0.2, 0.25) is 11.5 Å². The molecular weight excluding hydrogens is 386 g/mol. The molecule has 0 saturated heterocycles. The molecule has 0 fully saturated rings. The number of non-ortho nitro benzene ring substituents is 1.